The molecule has 17 heavy (non-hydrogen) atoms. The quantitative estimate of drug-likeness (QED) is 0.862. The highest BCUT2D eigenvalue weighted by Gasteiger charge is 2.43. The molecule has 0 radical (unpaired) electrons. The van der Waals surface area contributed by atoms with Crippen molar-refractivity contribution in [2.75, 3.05) is 13.2 Å². The Morgan fingerprint density at radius 3 is 2.76 bits per heavy atom. The zero-order valence-corrected chi connectivity index (χ0v) is 10.3. The van der Waals surface area contributed by atoms with Crippen molar-refractivity contribution in [1.29, 1.82) is 0 Å². The third-order valence-electron chi connectivity index (χ3n) is 4.57. The van der Waals surface area contributed by atoms with Gasteiger partial charge in [0.15, 0.2) is 0 Å². The van der Waals surface area contributed by atoms with Gasteiger partial charge in [-0.05, 0) is 30.2 Å². The van der Waals surface area contributed by atoms with Crippen molar-refractivity contribution in [2.45, 2.75) is 31.8 Å². The standard InChI is InChI=1S/C15H21NO/c17-11-15-14-8-4-7-13(14)10-16(15)9-12-5-2-1-3-6-12/h1-3,5-6,13-15,17H,4,7-11H2/t13?,14-,15+/m0/s1. The van der Waals surface area contributed by atoms with Gasteiger partial charge < -0.3 is 5.11 Å². The molecule has 2 aliphatic rings. The number of likely N-dealkylation sites (tertiary alicyclic amines) is 1. The number of hydrogen-bond donors (Lipinski definition) is 1. The van der Waals surface area contributed by atoms with E-state index in [4.69, 9.17) is 0 Å². The molecule has 1 aliphatic carbocycles. The second-order valence-corrected chi connectivity index (χ2v) is 5.52. The summed E-state index contributed by atoms with van der Waals surface area (Å²) in [5.41, 5.74) is 1.37. The van der Waals surface area contributed by atoms with Crippen molar-refractivity contribution in [1.82, 2.24) is 4.90 Å². The van der Waals surface area contributed by atoms with Gasteiger partial charge in [0, 0.05) is 19.1 Å². The molecule has 1 N–H and O–H groups in total. The monoisotopic (exact) mass is 231 g/mol. The van der Waals surface area contributed by atoms with Gasteiger partial charge in [0.25, 0.3) is 0 Å². The summed E-state index contributed by atoms with van der Waals surface area (Å²) < 4.78 is 0. The normalized spacial score (nSPS) is 32.9. The Bertz CT molecular complexity index is 364. The van der Waals surface area contributed by atoms with Gasteiger partial charge in [-0.15, -0.1) is 0 Å². The minimum Gasteiger partial charge on any atom is -0.395 e. The first-order valence-corrected chi connectivity index (χ1v) is 6.77. The van der Waals surface area contributed by atoms with Gasteiger partial charge in [-0.1, -0.05) is 36.8 Å². The summed E-state index contributed by atoms with van der Waals surface area (Å²) in [5, 5.41) is 9.62. The molecule has 1 heterocycles. The van der Waals surface area contributed by atoms with E-state index in [1.54, 1.807) is 0 Å². The molecule has 2 nitrogen and oxygen atoms in total. The molecule has 0 bridgehead atoms. The largest absolute Gasteiger partial charge is 0.395 e. The van der Waals surface area contributed by atoms with Crippen LogP contribution in [0.2, 0.25) is 0 Å². The molecule has 1 aromatic rings. The summed E-state index contributed by atoms with van der Waals surface area (Å²) in [6.07, 6.45) is 4.05. The SMILES string of the molecule is OC[C@@H]1[C@H]2CCCC2CN1Cc1ccccc1. The predicted octanol–water partition coefficient (Wildman–Crippen LogP) is 2.28. The molecule has 1 saturated heterocycles. The van der Waals surface area contributed by atoms with E-state index in [2.05, 4.69) is 35.2 Å². The highest BCUT2D eigenvalue weighted by Crippen LogP contribution is 2.42. The first-order valence-electron chi connectivity index (χ1n) is 6.77. The van der Waals surface area contributed by atoms with Crippen LogP contribution in [0.4, 0.5) is 0 Å². The molecule has 1 aliphatic heterocycles. The second kappa shape index (κ2) is 4.79. The third-order valence-corrected chi connectivity index (χ3v) is 4.57. The number of fused-ring (bicyclic) bond motifs is 1. The van der Waals surface area contributed by atoms with Crippen molar-refractivity contribution >= 4 is 0 Å². The molecule has 2 fully saturated rings. The van der Waals surface area contributed by atoms with E-state index in [0.717, 1.165) is 18.4 Å². The number of rotatable bonds is 3. The predicted molar refractivity (Wildman–Crippen MR) is 68.6 cm³/mol. The van der Waals surface area contributed by atoms with Crippen LogP contribution in [0, 0.1) is 11.8 Å². The second-order valence-electron chi connectivity index (χ2n) is 5.52. The van der Waals surface area contributed by atoms with Gasteiger partial charge >= 0.3 is 0 Å². The number of aliphatic hydroxyl groups is 1. The average molecular weight is 231 g/mol. The lowest BCUT2D eigenvalue weighted by Crippen LogP contribution is -2.35. The number of nitrogens with zero attached hydrogens (tertiary/aromatic N) is 1. The summed E-state index contributed by atoms with van der Waals surface area (Å²) in [7, 11) is 0. The lowest BCUT2D eigenvalue weighted by Gasteiger charge is -2.26. The summed E-state index contributed by atoms with van der Waals surface area (Å²) in [4.78, 5) is 2.49. The lowest BCUT2D eigenvalue weighted by atomic mass is 9.94. The number of aliphatic hydroxyl groups excluding tert-OH is 1. The van der Waals surface area contributed by atoms with E-state index in [0.29, 0.717) is 12.6 Å². The first kappa shape index (κ1) is 11.2. The Hall–Kier alpha value is -0.860. The lowest BCUT2D eigenvalue weighted by molar-refractivity contribution is 0.128. The van der Waals surface area contributed by atoms with Crippen LogP contribution in [0.15, 0.2) is 30.3 Å². The summed E-state index contributed by atoms with van der Waals surface area (Å²) in [6.45, 7) is 2.51. The van der Waals surface area contributed by atoms with Crippen molar-refractivity contribution in [3.8, 4) is 0 Å². The van der Waals surface area contributed by atoms with Gasteiger partial charge in [0.2, 0.25) is 0 Å². The maximum atomic E-state index is 9.62. The molecule has 1 saturated carbocycles. The number of benzene rings is 1. The van der Waals surface area contributed by atoms with Gasteiger partial charge in [-0.25, -0.2) is 0 Å². The Labute approximate surface area is 103 Å². The molecule has 3 rings (SSSR count). The van der Waals surface area contributed by atoms with Crippen LogP contribution < -0.4 is 0 Å². The molecule has 1 unspecified atom stereocenters. The Morgan fingerprint density at radius 2 is 2.00 bits per heavy atom. The van der Waals surface area contributed by atoms with Gasteiger partial charge in [0.1, 0.15) is 0 Å². The highest BCUT2D eigenvalue weighted by atomic mass is 16.3. The molecule has 0 aromatic heterocycles. The summed E-state index contributed by atoms with van der Waals surface area (Å²) >= 11 is 0. The van der Waals surface area contributed by atoms with Crippen LogP contribution in [0.25, 0.3) is 0 Å². The Kier molecular flexibility index (Phi) is 3.17. The van der Waals surface area contributed by atoms with Crippen LogP contribution in [0.1, 0.15) is 24.8 Å². The molecule has 92 valence electrons. The van der Waals surface area contributed by atoms with E-state index in [-0.39, 0.29) is 0 Å². The Morgan fingerprint density at radius 1 is 1.18 bits per heavy atom. The molecule has 1 aromatic carbocycles. The minimum absolute atomic E-state index is 0.327. The van der Waals surface area contributed by atoms with E-state index in [9.17, 15) is 5.11 Å². The highest BCUT2D eigenvalue weighted by molar-refractivity contribution is 5.15. The first-order chi connectivity index (χ1) is 8.38. The number of hydrogen-bond acceptors (Lipinski definition) is 2. The smallest absolute Gasteiger partial charge is 0.0589 e. The van der Waals surface area contributed by atoms with Crippen LogP contribution in [0.5, 0.6) is 0 Å². The van der Waals surface area contributed by atoms with Crippen LogP contribution in [-0.2, 0) is 6.54 Å². The fourth-order valence-corrected chi connectivity index (χ4v) is 3.76. The van der Waals surface area contributed by atoms with Crippen LogP contribution in [-0.4, -0.2) is 29.2 Å². The average Bonchev–Trinajstić information content (AvgIpc) is 2.90. The van der Waals surface area contributed by atoms with E-state index >= 15 is 0 Å². The fraction of sp³-hybridized carbons (Fsp3) is 0.600. The van der Waals surface area contributed by atoms with Crippen LogP contribution in [0.3, 0.4) is 0 Å². The van der Waals surface area contributed by atoms with Crippen molar-refractivity contribution < 1.29 is 5.11 Å². The molecular weight excluding hydrogens is 210 g/mol. The van der Waals surface area contributed by atoms with Crippen molar-refractivity contribution in [3.63, 3.8) is 0 Å². The van der Waals surface area contributed by atoms with Crippen molar-refractivity contribution in [2.24, 2.45) is 11.8 Å². The molecule has 0 spiro atoms. The summed E-state index contributed by atoms with van der Waals surface area (Å²) in [6, 6.07) is 11.0. The van der Waals surface area contributed by atoms with E-state index in [1.165, 1.54) is 31.4 Å². The van der Waals surface area contributed by atoms with Crippen LogP contribution >= 0.6 is 0 Å². The molecule has 2 heteroatoms. The Balaban J connectivity index is 1.71. The summed E-state index contributed by atoms with van der Waals surface area (Å²) in [5.74, 6) is 1.60. The minimum atomic E-state index is 0.327. The van der Waals surface area contributed by atoms with Gasteiger partial charge in [0.05, 0.1) is 6.61 Å². The molecule has 3 atom stereocenters. The van der Waals surface area contributed by atoms with E-state index in [1.807, 2.05) is 0 Å². The zero-order valence-electron chi connectivity index (χ0n) is 10.3. The molecular formula is C15H21NO. The van der Waals surface area contributed by atoms with E-state index < -0.39 is 0 Å². The maximum absolute atomic E-state index is 9.62. The van der Waals surface area contributed by atoms with Gasteiger partial charge in [-0.3, -0.25) is 4.90 Å². The zero-order chi connectivity index (χ0) is 11.7. The fourth-order valence-electron chi connectivity index (χ4n) is 3.76. The third kappa shape index (κ3) is 2.12. The van der Waals surface area contributed by atoms with Gasteiger partial charge in [-0.2, -0.15) is 0 Å². The topological polar surface area (TPSA) is 23.5 Å². The van der Waals surface area contributed by atoms with Crippen molar-refractivity contribution in [3.05, 3.63) is 35.9 Å². The molecule has 0 amide bonds. The maximum Gasteiger partial charge on any atom is 0.0589 e.